The Labute approximate surface area is 248 Å². The smallest absolute Gasteiger partial charge is 0.164 e. The van der Waals surface area contributed by atoms with Gasteiger partial charge in [-0.25, -0.2) is 4.39 Å². The molecule has 3 aliphatic carbocycles. The SMILES string of the molecule is CCCC1CCCC1(C)C(O)OC1C(C)C(C)C(F)C2COC(OC)C3C(CCC(C(O)CC(C)C)C3OC)OC21. The molecule has 7 nitrogen and oxygen atoms in total. The third-order valence-corrected chi connectivity index (χ3v) is 11.5. The van der Waals surface area contributed by atoms with Crippen molar-refractivity contribution in [3.05, 3.63) is 0 Å². The maximum Gasteiger partial charge on any atom is 0.164 e. The number of aliphatic hydroxyl groups excluding tert-OH is 2. The summed E-state index contributed by atoms with van der Waals surface area (Å²) in [6.07, 6.45) is 2.49. The quantitative estimate of drug-likeness (QED) is 0.316. The minimum Gasteiger partial charge on any atom is -0.393 e. The molecule has 15 unspecified atom stereocenters. The summed E-state index contributed by atoms with van der Waals surface area (Å²) in [7, 11) is 3.28. The van der Waals surface area contributed by atoms with E-state index >= 15 is 4.39 Å². The fourth-order valence-corrected chi connectivity index (χ4v) is 8.83. The number of aliphatic hydroxyl groups is 2. The molecule has 1 saturated heterocycles. The van der Waals surface area contributed by atoms with Gasteiger partial charge >= 0.3 is 0 Å². The van der Waals surface area contributed by atoms with Crippen molar-refractivity contribution in [1.29, 1.82) is 0 Å². The molecule has 4 fully saturated rings. The lowest BCUT2D eigenvalue weighted by Gasteiger charge is -2.54. The number of hydrogen-bond acceptors (Lipinski definition) is 7. The molecule has 0 amide bonds. The molecule has 3 saturated carbocycles. The standard InChI is InChI=1S/C33H59FO7/c1-9-11-21-12-10-15-33(21,6)32(36)41-28-20(5)19(4)27(34)23-17-39-31(38-8)26-25(40-30(23)28)14-13-22(29(26)37-7)24(35)16-18(2)3/h18-32,35-36H,9-17H2,1-8H3. The second-order valence-electron chi connectivity index (χ2n) is 14.5. The summed E-state index contributed by atoms with van der Waals surface area (Å²) < 4.78 is 47.9. The predicted octanol–water partition coefficient (Wildman–Crippen LogP) is 5.74. The molecular formula is C33H59FO7. The Morgan fingerprint density at radius 3 is 2.39 bits per heavy atom. The molecule has 1 heterocycles. The number of methoxy groups -OCH3 is 2. The first-order valence-electron chi connectivity index (χ1n) is 16.5. The van der Waals surface area contributed by atoms with Crippen molar-refractivity contribution in [2.45, 2.75) is 142 Å². The van der Waals surface area contributed by atoms with Crippen LogP contribution in [0.3, 0.4) is 0 Å². The summed E-state index contributed by atoms with van der Waals surface area (Å²) in [4.78, 5) is 0. The molecule has 4 aliphatic rings. The van der Waals surface area contributed by atoms with Crippen molar-refractivity contribution in [1.82, 2.24) is 0 Å². The van der Waals surface area contributed by atoms with E-state index < -0.39 is 43.0 Å². The van der Waals surface area contributed by atoms with Gasteiger partial charge in [0.1, 0.15) is 6.17 Å². The van der Waals surface area contributed by atoms with Crippen LogP contribution in [0, 0.1) is 46.8 Å². The Kier molecular flexibility index (Phi) is 11.6. The van der Waals surface area contributed by atoms with Gasteiger partial charge in [0.05, 0.1) is 43.0 Å². The molecule has 41 heavy (non-hydrogen) atoms. The van der Waals surface area contributed by atoms with Gasteiger partial charge in [-0.3, -0.25) is 0 Å². The van der Waals surface area contributed by atoms with Gasteiger partial charge in [-0.2, -0.15) is 0 Å². The van der Waals surface area contributed by atoms with Gasteiger partial charge in [-0.1, -0.05) is 60.8 Å². The Morgan fingerprint density at radius 2 is 1.76 bits per heavy atom. The van der Waals surface area contributed by atoms with E-state index in [1.54, 1.807) is 14.2 Å². The second-order valence-corrected chi connectivity index (χ2v) is 14.5. The maximum atomic E-state index is 16.0. The van der Waals surface area contributed by atoms with E-state index in [1.165, 1.54) is 0 Å². The molecule has 0 aromatic rings. The average Bonchev–Trinajstić information content (AvgIpc) is 3.31. The fourth-order valence-electron chi connectivity index (χ4n) is 8.83. The van der Waals surface area contributed by atoms with E-state index in [0.29, 0.717) is 24.7 Å². The van der Waals surface area contributed by atoms with Crippen LogP contribution in [0.15, 0.2) is 0 Å². The number of alkyl halides is 1. The van der Waals surface area contributed by atoms with Crippen molar-refractivity contribution in [3.8, 4) is 0 Å². The highest BCUT2D eigenvalue weighted by molar-refractivity contribution is 5.02. The minimum absolute atomic E-state index is 0.0744. The van der Waals surface area contributed by atoms with Gasteiger partial charge in [0, 0.05) is 31.5 Å². The Hall–Kier alpha value is -0.350. The number of fused-ring (bicyclic) bond motifs is 2. The average molecular weight is 587 g/mol. The highest BCUT2D eigenvalue weighted by Gasteiger charge is 2.57. The Morgan fingerprint density at radius 1 is 1.02 bits per heavy atom. The molecule has 0 radical (unpaired) electrons. The Bertz CT molecular complexity index is 814. The van der Waals surface area contributed by atoms with Crippen LogP contribution in [-0.4, -0.2) is 80.3 Å². The minimum atomic E-state index is -1.13. The zero-order valence-electron chi connectivity index (χ0n) is 26.8. The molecule has 1 aliphatic heterocycles. The highest BCUT2D eigenvalue weighted by Crippen LogP contribution is 2.51. The molecule has 8 heteroatoms. The number of ether oxygens (including phenoxy) is 5. The van der Waals surface area contributed by atoms with Crippen molar-refractivity contribution in [3.63, 3.8) is 0 Å². The zero-order valence-corrected chi connectivity index (χ0v) is 26.8. The van der Waals surface area contributed by atoms with E-state index in [4.69, 9.17) is 23.7 Å². The van der Waals surface area contributed by atoms with E-state index in [2.05, 4.69) is 27.7 Å². The van der Waals surface area contributed by atoms with Gasteiger partial charge in [0.15, 0.2) is 12.6 Å². The summed E-state index contributed by atoms with van der Waals surface area (Å²) in [6.45, 7) is 12.7. The monoisotopic (exact) mass is 586 g/mol. The van der Waals surface area contributed by atoms with Gasteiger partial charge in [0.2, 0.25) is 0 Å². The number of hydrogen-bond donors (Lipinski definition) is 2. The van der Waals surface area contributed by atoms with Crippen molar-refractivity contribution in [2.24, 2.45) is 46.8 Å². The fraction of sp³-hybridized carbons (Fsp3) is 1.00. The second kappa shape index (κ2) is 14.2. The summed E-state index contributed by atoms with van der Waals surface area (Å²) in [5, 5.41) is 22.8. The molecule has 0 aromatic carbocycles. The van der Waals surface area contributed by atoms with Gasteiger partial charge in [-0.15, -0.1) is 0 Å². The molecule has 240 valence electrons. The lowest BCUT2D eigenvalue weighted by molar-refractivity contribution is -0.314. The first-order valence-corrected chi connectivity index (χ1v) is 16.5. The summed E-state index contributed by atoms with van der Waals surface area (Å²) in [5.41, 5.74) is -0.325. The van der Waals surface area contributed by atoms with Gasteiger partial charge in [0.25, 0.3) is 0 Å². The van der Waals surface area contributed by atoms with Gasteiger partial charge < -0.3 is 33.9 Å². The van der Waals surface area contributed by atoms with Crippen LogP contribution in [0.1, 0.15) is 92.9 Å². The summed E-state index contributed by atoms with van der Waals surface area (Å²) in [6, 6.07) is 0. The van der Waals surface area contributed by atoms with E-state index in [9.17, 15) is 10.2 Å². The lowest BCUT2D eigenvalue weighted by atomic mass is 9.69. The van der Waals surface area contributed by atoms with Crippen LogP contribution in [0.5, 0.6) is 0 Å². The molecule has 4 rings (SSSR count). The summed E-state index contributed by atoms with van der Waals surface area (Å²) in [5.74, 6) is -0.542. The van der Waals surface area contributed by atoms with E-state index in [1.807, 2.05) is 13.8 Å². The number of halogens is 1. The first kappa shape index (κ1) is 33.5. The zero-order chi connectivity index (χ0) is 30.1. The van der Waals surface area contributed by atoms with Crippen LogP contribution in [-0.2, 0) is 23.7 Å². The maximum absolute atomic E-state index is 16.0. The Balaban J connectivity index is 1.62. The topological polar surface area (TPSA) is 86.6 Å². The molecule has 15 atom stereocenters. The lowest BCUT2D eigenvalue weighted by Crippen LogP contribution is -2.63. The number of rotatable bonds is 10. The summed E-state index contributed by atoms with van der Waals surface area (Å²) >= 11 is 0. The largest absolute Gasteiger partial charge is 0.393 e. The van der Waals surface area contributed by atoms with Crippen molar-refractivity contribution < 1.29 is 38.3 Å². The normalized spacial score (nSPS) is 46.8. The van der Waals surface area contributed by atoms with Crippen LogP contribution < -0.4 is 0 Å². The van der Waals surface area contributed by atoms with Gasteiger partial charge in [-0.05, 0) is 55.8 Å². The molecule has 2 N–H and O–H groups in total. The van der Waals surface area contributed by atoms with Crippen LogP contribution >= 0.6 is 0 Å². The van der Waals surface area contributed by atoms with Crippen LogP contribution in [0.2, 0.25) is 0 Å². The third-order valence-electron chi connectivity index (χ3n) is 11.5. The van der Waals surface area contributed by atoms with Crippen LogP contribution in [0.25, 0.3) is 0 Å². The van der Waals surface area contributed by atoms with E-state index in [-0.39, 0.29) is 47.9 Å². The van der Waals surface area contributed by atoms with E-state index in [0.717, 1.165) is 38.5 Å². The van der Waals surface area contributed by atoms with Crippen molar-refractivity contribution in [2.75, 3.05) is 20.8 Å². The third kappa shape index (κ3) is 6.69. The molecule has 0 bridgehead atoms. The molecule has 0 spiro atoms. The highest BCUT2D eigenvalue weighted by atomic mass is 19.1. The van der Waals surface area contributed by atoms with Crippen molar-refractivity contribution >= 4 is 0 Å². The molecule has 0 aromatic heterocycles. The predicted molar refractivity (Wildman–Crippen MR) is 156 cm³/mol. The first-order chi connectivity index (χ1) is 19.5. The van der Waals surface area contributed by atoms with Crippen LogP contribution in [0.4, 0.5) is 4.39 Å². The molecular weight excluding hydrogens is 527 g/mol.